The number of hydrogen-bond donors (Lipinski definition) is 2. The fraction of sp³-hybridized carbons (Fsp3) is 0.188. The number of allylic oxidation sites excluding steroid dienone is 1. The molecular weight excluding hydrogens is 278 g/mol. The first-order valence-electron chi connectivity index (χ1n) is 6.79. The molecular formula is C16H17N5O. The first kappa shape index (κ1) is 15.3. The number of aryl methyl sites for hydroxylation is 2. The summed E-state index contributed by atoms with van der Waals surface area (Å²) >= 11 is 0. The average molecular weight is 295 g/mol. The summed E-state index contributed by atoms with van der Waals surface area (Å²) in [6.07, 6.45) is 0. The smallest absolute Gasteiger partial charge is 0.256 e. The molecule has 112 valence electrons. The molecule has 0 saturated heterocycles. The van der Waals surface area contributed by atoms with Crippen LogP contribution in [0.1, 0.15) is 21.7 Å². The molecule has 0 aliphatic rings. The third-order valence-corrected chi connectivity index (χ3v) is 3.08. The van der Waals surface area contributed by atoms with Crippen LogP contribution < -0.4 is 10.6 Å². The lowest BCUT2D eigenvalue weighted by molar-refractivity contribution is 0.0967. The zero-order chi connectivity index (χ0) is 16.1. The summed E-state index contributed by atoms with van der Waals surface area (Å²) in [5, 5.41) is 19.3. The maximum absolute atomic E-state index is 12.2. The Morgan fingerprint density at radius 2 is 1.95 bits per heavy atom. The van der Waals surface area contributed by atoms with Crippen LogP contribution >= 0.6 is 0 Å². The molecule has 0 atom stereocenters. The van der Waals surface area contributed by atoms with Gasteiger partial charge in [0.25, 0.3) is 5.91 Å². The highest BCUT2D eigenvalue weighted by Crippen LogP contribution is 2.11. The second-order valence-electron chi connectivity index (χ2n) is 4.74. The van der Waals surface area contributed by atoms with E-state index in [4.69, 9.17) is 0 Å². The van der Waals surface area contributed by atoms with Gasteiger partial charge in [-0.3, -0.25) is 4.79 Å². The second-order valence-corrected chi connectivity index (χ2v) is 4.74. The van der Waals surface area contributed by atoms with E-state index >= 15 is 0 Å². The van der Waals surface area contributed by atoms with Gasteiger partial charge in [0.05, 0.1) is 5.69 Å². The van der Waals surface area contributed by atoms with Crippen molar-refractivity contribution in [3.8, 4) is 6.07 Å². The molecule has 0 bridgehead atoms. The van der Waals surface area contributed by atoms with Crippen molar-refractivity contribution < 1.29 is 4.79 Å². The molecule has 2 N–H and O–H groups in total. The van der Waals surface area contributed by atoms with Crippen molar-refractivity contribution in [3.05, 3.63) is 59.0 Å². The van der Waals surface area contributed by atoms with Gasteiger partial charge in [0.15, 0.2) is 11.5 Å². The standard InChI is InChI=1S/C16H17N5O/c1-11-9-12(2)21(20-11)15(18-3)14(10-17)19-16(22)13-7-5-4-6-8-13/h4-9,18H,1-3H3,(H,19,22)/b15-14+. The Kier molecular flexibility index (Phi) is 4.59. The molecule has 6 nitrogen and oxygen atoms in total. The van der Waals surface area contributed by atoms with E-state index < -0.39 is 0 Å². The second kappa shape index (κ2) is 6.59. The van der Waals surface area contributed by atoms with Gasteiger partial charge >= 0.3 is 0 Å². The highest BCUT2D eigenvalue weighted by molar-refractivity contribution is 5.96. The summed E-state index contributed by atoms with van der Waals surface area (Å²) in [5.41, 5.74) is 2.29. The number of hydrogen-bond acceptors (Lipinski definition) is 4. The third kappa shape index (κ3) is 3.15. The van der Waals surface area contributed by atoms with E-state index in [2.05, 4.69) is 15.7 Å². The van der Waals surface area contributed by atoms with Crippen molar-refractivity contribution in [1.29, 1.82) is 5.26 Å². The van der Waals surface area contributed by atoms with Gasteiger partial charge in [-0.15, -0.1) is 0 Å². The lowest BCUT2D eigenvalue weighted by Gasteiger charge is -2.12. The number of benzene rings is 1. The number of nitriles is 1. The number of rotatable bonds is 4. The number of aromatic nitrogens is 2. The van der Waals surface area contributed by atoms with E-state index in [1.807, 2.05) is 32.0 Å². The largest absolute Gasteiger partial charge is 0.371 e. The minimum atomic E-state index is -0.341. The molecule has 2 rings (SSSR count). The predicted octanol–water partition coefficient (Wildman–Crippen LogP) is 1.80. The van der Waals surface area contributed by atoms with Crippen molar-refractivity contribution in [2.24, 2.45) is 0 Å². The fourth-order valence-corrected chi connectivity index (χ4v) is 2.11. The van der Waals surface area contributed by atoms with Crippen molar-refractivity contribution in [2.45, 2.75) is 13.8 Å². The van der Waals surface area contributed by atoms with Gasteiger partial charge in [0, 0.05) is 18.3 Å². The van der Waals surface area contributed by atoms with Gasteiger partial charge < -0.3 is 10.6 Å². The molecule has 0 unspecified atom stereocenters. The van der Waals surface area contributed by atoms with Crippen molar-refractivity contribution >= 4 is 11.7 Å². The Balaban J connectivity index is 2.38. The van der Waals surface area contributed by atoms with E-state index in [-0.39, 0.29) is 11.6 Å². The van der Waals surface area contributed by atoms with Crippen LogP contribution in [0.2, 0.25) is 0 Å². The van der Waals surface area contributed by atoms with Gasteiger partial charge in [-0.1, -0.05) is 18.2 Å². The Hall–Kier alpha value is -3.07. The van der Waals surface area contributed by atoms with Crippen LogP contribution in [0.15, 0.2) is 42.1 Å². The van der Waals surface area contributed by atoms with Crippen molar-refractivity contribution in [1.82, 2.24) is 20.4 Å². The number of carbonyl (C=O) groups is 1. The average Bonchev–Trinajstić information content (AvgIpc) is 2.86. The van der Waals surface area contributed by atoms with E-state index in [0.717, 1.165) is 11.4 Å². The molecule has 22 heavy (non-hydrogen) atoms. The Morgan fingerprint density at radius 3 is 2.45 bits per heavy atom. The molecule has 2 aromatic rings. The zero-order valence-electron chi connectivity index (χ0n) is 12.7. The first-order valence-corrected chi connectivity index (χ1v) is 6.79. The summed E-state index contributed by atoms with van der Waals surface area (Å²) in [6, 6.07) is 12.6. The molecule has 6 heteroatoms. The summed E-state index contributed by atoms with van der Waals surface area (Å²) in [6.45, 7) is 3.75. The highest BCUT2D eigenvalue weighted by atomic mass is 16.1. The normalized spacial score (nSPS) is 11.4. The lowest BCUT2D eigenvalue weighted by Crippen LogP contribution is -2.28. The number of nitrogens with zero attached hydrogens (tertiary/aromatic N) is 3. The van der Waals surface area contributed by atoms with Crippen LogP contribution in [0.3, 0.4) is 0 Å². The van der Waals surface area contributed by atoms with E-state index in [9.17, 15) is 10.1 Å². The molecule has 1 aromatic heterocycles. The summed E-state index contributed by atoms with van der Waals surface area (Å²) < 4.78 is 1.60. The summed E-state index contributed by atoms with van der Waals surface area (Å²) in [7, 11) is 1.68. The van der Waals surface area contributed by atoms with Crippen molar-refractivity contribution in [3.63, 3.8) is 0 Å². The fourth-order valence-electron chi connectivity index (χ4n) is 2.11. The van der Waals surface area contributed by atoms with Crippen LogP contribution in [0.5, 0.6) is 0 Å². The van der Waals surface area contributed by atoms with Crippen LogP contribution in [-0.4, -0.2) is 22.7 Å². The molecule has 0 aliphatic carbocycles. The monoisotopic (exact) mass is 295 g/mol. The molecule has 0 radical (unpaired) electrons. The maximum atomic E-state index is 12.2. The van der Waals surface area contributed by atoms with Gasteiger partial charge in [0.2, 0.25) is 0 Å². The number of nitrogens with one attached hydrogen (secondary N) is 2. The minimum Gasteiger partial charge on any atom is -0.371 e. The highest BCUT2D eigenvalue weighted by Gasteiger charge is 2.15. The third-order valence-electron chi connectivity index (χ3n) is 3.08. The van der Waals surface area contributed by atoms with Crippen LogP contribution in [0, 0.1) is 25.2 Å². The Labute approximate surface area is 129 Å². The van der Waals surface area contributed by atoms with Crippen LogP contribution in [0.4, 0.5) is 0 Å². The quantitative estimate of drug-likeness (QED) is 0.843. The number of carbonyl (C=O) groups excluding carboxylic acids is 1. The molecule has 1 amide bonds. The van der Waals surface area contributed by atoms with Gasteiger partial charge in [-0.25, -0.2) is 4.68 Å². The van der Waals surface area contributed by atoms with Crippen LogP contribution in [0.25, 0.3) is 5.82 Å². The Bertz CT molecular complexity index is 753. The van der Waals surface area contributed by atoms with Gasteiger partial charge in [-0.05, 0) is 32.0 Å². The maximum Gasteiger partial charge on any atom is 0.256 e. The van der Waals surface area contributed by atoms with E-state index in [0.29, 0.717) is 11.4 Å². The summed E-state index contributed by atoms with van der Waals surface area (Å²) in [4.78, 5) is 12.2. The SMILES string of the molecule is CN/C(=C(/C#N)NC(=O)c1ccccc1)n1nc(C)cc1C. The number of amides is 1. The van der Waals surface area contributed by atoms with Gasteiger partial charge in [0.1, 0.15) is 6.07 Å². The molecule has 1 heterocycles. The summed E-state index contributed by atoms with van der Waals surface area (Å²) in [5.74, 6) is 0.0869. The predicted molar refractivity (Wildman–Crippen MR) is 83.5 cm³/mol. The molecule has 0 aliphatic heterocycles. The molecule has 1 aromatic carbocycles. The first-order chi connectivity index (χ1) is 10.6. The zero-order valence-corrected chi connectivity index (χ0v) is 12.7. The van der Waals surface area contributed by atoms with Gasteiger partial charge in [-0.2, -0.15) is 10.4 Å². The topological polar surface area (TPSA) is 82.7 Å². The lowest BCUT2D eigenvalue weighted by atomic mass is 10.2. The Morgan fingerprint density at radius 1 is 1.27 bits per heavy atom. The molecule has 0 fully saturated rings. The van der Waals surface area contributed by atoms with Crippen LogP contribution in [-0.2, 0) is 0 Å². The molecule has 0 saturated carbocycles. The van der Waals surface area contributed by atoms with Crippen molar-refractivity contribution in [2.75, 3.05) is 7.05 Å². The molecule has 0 spiro atoms. The minimum absolute atomic E-state index is 0.113. The van der Waals surface area contributed by atoms with E-state index in [1.54, 1.807) is 36.0 Å². The van der Waals surface area contributed by atoms with E-state index in [1.165, 1.54) is 0 Å².